The summed E-state index contributed by atoms with van der Waals surface area (Å²) in [5.41, 5.74) is 0.978. The summed E-state index contributed by atoms with van der Waals surface area (Å²) < 4.78 is 22.2. The fourth-order valence-electron chi connectivity index (χ4n) is 2.00. The van der Waals surface area contributed by atoms with Gasteiger partial charge in [-0.1, -0.05) is 30.7 Å². The number of hydrogen-bond donors (Lipinski definition) is 2. The maximum atomic E-state index is 12.0. The van der Waals surface area contributed by atoms with Crippen LogP contribution in [0, 0.1) is 0 Å². The van der Waals surface area contributed by atoms with Crippen molar-refractivity contribution in [3.05, 3.63) is 34.9 Å². The largest absolute Gasteiger partial charge is 0.336 e. The lowest BCUT2D eigenvalue weighted by atomic mass is 10.1. The van der Waals surface area contributed by atoms with Gasteiger partial charge in [-0.25, -0.2) is 13.2 Å². The van der Waals surface area contributed by atoms with E-state index in [9.17, 15) is 13.2 Å². The summed E-state index contributed by atoms with van der Waals surface area (Å²) in [7, 11) is -3.01. The van der Waals surface area contributed by atoms with Gasteiger partial charge in [0.15, 0.2) is 0 Å². The van der Waals surface area contributed by atoms with Crippen molar-refractivity contribution in [1.29, 1.82) is 0 Å². The molecule has 0 aliphatic rings. The molecule has 2 atom stereocenters. The van der Waals surface area contributed by atoms with E-state index in [1.54, 1.807) is 19.1 Å². The number of carbonyl (C=O) groups excluding carboxylic acids is 1. The molecule has 1 aromatic carbocycles. The van der Waals surface area contributed by atoms with Gasteiger partial charge >= 0.3 is 6.03 Å². The Morgan fingerprint density at radius 2 is 1.82 bits per heavy atom. The highest BCUT2D eigenvalue weighted by Gasteiger charge is 2.15. The van der Waals surface area contributed by atoms with Crippen LogP contribution in [0.15, 0.2) is 24.3 Å². The summed E-state index contributed by atoms with van der Waals surface area (Å²) in [5.74, 6) is 0.0584. The third-order valence-electron chi connectivity index (χ3n) is 3.29. The number of hydrogen-bond acceptors (Lipinski definition) is 3. The van der Waals surface area contributed by atoms with E-state index >= 15 is 0 Å². The van der Waals surface area contributed by atoms with Crippen LogP contribution < -0.4 is 10.6 Å². The monoisotopic (exact) mass is 346 g/mol. The topological polar surface area (TPSA) is 75.3 Å². The lowest BCUT2D eigenvalue weighted by Gasteiger charge is -2.20. The van der Waals surface area contributed by atoms with Gasteiger partial charge in [0.2, 0.25) is 0 Å². The highest BCUT2D eigenvalue weighted by molar-refractivity contribution is 7.90. The molecule has 0 spiro atoms. The van der Waals surface area contributed by atoms with Crippen LogP contribution in [-0.2, 0) is 9.84 Å². The van der Waals surface area contributed by atoms with Crippen molar-refractivity contribution >= 4 is 27.5 Å². The van der Waals surface area contributed by atoms with E-state index in [0.29, 0.717) is 11.4 Å². The first kappa shape index (κ1) is 18.8. The van der Waals surface area contributed by atoms with E-state index in [2.05, 4.69) is 10.6 Å². The van der Waals surface area contributed by atoms with Crippen molar-refractivity contribution in [3.8, 4) is 0 Å². The normalized spacial score (nSPS) is 14.2. The van der Waals surface area contributed by atoms with Crippen LogP contribution in [0.25, 0.3) is 0 Å². The second-order valence-electron chi connectivity index (χ2n) is 5.45. The van der Waals surface area contributed by atoms with E-state index in [4.69, 9.17) is 11.6 Å². The molecule has 124 valence electrons. The predicted octanol–water partition coefficient (Wildman–Crippen LogP) is 2.91. The van der Waals surface area contributed by atoms with E-state index in [0.717, 1.165) is 12.0 Å². The predicted molar refractivity (Wildman–Crippen MR) is 89.9 cm³/mol. The summed E-state index contributed by atoms with van der Waals surface area (Å²) in [5, 5.41) is 6.30. The lowest BCUT2D eigenvalue weighted by molar-refractivity contribution is 0.233. The van der Waals surface area contributed by atoms with E-state index in [1.165, 1.54) is 6.26 Å². The fourth-order valence-corrected chi connectivity index (χ4v) is 2.91. The average Bonchev–Trinajstić information content (AvgIpc) is 2.43. The second-order valence-corrected chi connectivity index (χ2v) is 8.15. The molecule has 2 N–H and O–H groups in total. The number of rotatable bonds is 7. The number of nitrogens with one attached hydrogen (secondary N) is 2. The zero-order valence-electron chi connectivity index (χ0n) is 13.1. The summed E-state index contributed by atoms with van der Waals surface area (Å²) >= 11 is 5.86. The Morgan fingerprint density at radius 1 is 1.23 bits per heavy atom. The molecule has 5 nitrogen and oxygen atoms in total. The molecule has 0 saturated carbocycles. The molecule has 0 radical (unpaired) electrons. The van der Waals surface area contributed by atoms with E-state index < -0.39 is 9.84 Å². The molecular formula is C15H23ClN2O3S. The molecule has 0 aliphatic heterocycles. The first-order chi connectivity index (χ1) is 10.2. The van der Waals surface area contributed by atoms with Crippen LogP contribution in [0.4, 0.5) is 4.79 Å². The maximum Gasteiger partial charge on any atom is 0.315 e. The van der Waals surface area contributed by atoms with Crippen LogP contribution in [0.1, 0.15) is 38.3 Å². The van der Waals surface area contributed by atoms with Gasteiger partial charge in [0.25, 0.3) is 0 Å². The van der Waals surface area contributed by atoms with Crippen LogP contribution in [0.5, 0.6) is 0 Å². The zero-order valence-corrected chi connectivity index (χ0v) is 14.7. The van der Waals surface area contributed by atoms with Gasteiger partial charge in [-0.15, -0.1) is 0 Å². The maximum absolute atomic E-state index is 12.0. The standard InChI is InChI=1S/C15H23ClN2O3S/c1-4-14(12-5-7-13(16)8-6-12)18-15(19)17-11(2)9-10-22(3,20)21/h5-8,11,14H,4,9-10H2,1-3H3,(H2,17,18,19)/t11-,14-/m1/s1. The first-order valence-electron chi connectivity index (χ1n) is 7.21. The van der Waals surface area contributed by atoms with Crippen molar-refractivity contribution in [2.24, 2.45) is 0 Å². The number of halogens is 1. The van der Waals surface area contributed by atoms with Crippen LogP contribution in [-0.4, -0.2) is 32.5 Å². The molecule has 22 heavy (non-hydrogen) atoms. The lowest BCUT2D eigenvalue weighted by Crippen LogP contribution is -2.42. The van der Waals surface area contributed by atoms with Gasteiger partial charge < -0.3 is 10.6 Å². The quantitative estimate of drug-likeness (QED) is 0.797. The summed E-state index contributed by atoms with van der Waals surface area (Å²) in [6, 6.07) is 6.70. The molecule has 0 aromatic heterocycles. The minimum atomic E-state index is -3.01. The first-order valence-corrected chi connectivity index (χ1v) is 9.65. The van der Waals surface area contributed by atoms with Gasteiger partial charge in [0, 0.05) is 17.3 Å². The molecule has 0 aliphatic carbocycles. The fraction of sp³-hybridized carbons (Fsp3) is 0.533. The smallest absolute Gasteiger partial charge is 0.315 e. The Labute approximate surface area is 137 Å². The number of amides is 2. The third-order valence-corrected chi connectivity index (χ3v) is 4.51. The SMILES string of the molecule is CC[C@@H](NC(=O)N[C@H](C)CCS(C)(=O)=O)c1ccc(Cl)cc1. The summed E-state index contributed by atoms with van der Waals surface area (Å²) in [6.45, 7) is 3.76. The minimum Gasteiger partial charge on any atom is -0.336 e. The second kappa shape index (κ2) is 8.39. The molecule has 2 amide bonds. The molecule has 7 heteroatoms. The molecule has 0 fully saturated rings. The Hall–Kier alpha value is -1.27. The van der Waals surface area contributed by atoms with Gasteiger partial charge in [-0.3, -0.25) is 0 Å². The number of urea groups is 1. The molecule has 0 unspecified atom stereocenters. The van der Waals surface area contributed by atoms with Crippen molar-refractivity contribution in [2.75, 3.05) is 12.0 Å². The van der Waals surface area contributed by atoms with Crippen LogP contribution in [0.2, 0.25) is 5.02 Å². The minimum absolute atomic E-state index is 0.0584. The highest BCUT2D eigenvalue weighted by Crippen LogP contribution is 2.19. The zero-order chi connectivity index (χ0) is 16.8. The highest BCUT2D eigenvalue weighted by atomic mass is 35.5. The Bertz CT molecular complexity index is 587. The molecule has 0 heterocycles. The van der Waals surface area contributed by atoms with Crippen molar-refractivity contribution < 1.29 is 13.2 Å². The number of sulfone groups is 1. The Kier molecular flexibility index (Phi) is 7.16. The van der Waals surface area contributed by atoms with Crippen molar-refractivity contribution in [3.63, 3.8) is 0 Å². The van der Waals surface area contributed by atoms with Crippen molar-refractivity contribution in [2.45, 2.75) is 38.8 Å². The molecular weight excluding hydrogens is 324 g/mol. The van der Waals surface area contributed by atoms with E-state index in [-0.39, 0.29) is 23.9 Å². The molecule has 1 aromatic rings. The van der Waals surface area contributed by atoms with Gasteiger partial charge in [0.1, 0.15) is 9.84 Å². The molecule has 1 rings (SSSR count). The molecule has 0 bridgehead atoms. The summed E-state index contributed by atoms with van der Waals surface area (Å²) in [4.78, 5) is 12.0. The van der Waals surface area contributed by atoms with Crippen LogP contribution >= 0.6 is 11.6 Å². The Morgan fingerprint density at radius 3 is 2.32 bits per heavy atom. The third kappa shape index (κ3) is 7.13. The summed E-state index contributed by atoms with van der Waals surface area (Å²) in [6.07, 6.45) is 2.32. The van der Waals surface area contributed by atoms with Gasteiger partial charge in [-0.05, 0) is 37.5 Å². The van der Waals surface area contributed by atoms with Gasteiger partial charge in [-0.2, -0.15) is 0 Å². The van der Waals surface area contributed by atoms with Crippen molar-refractivity contribution in [1.82, 2.24) is 10.6 Å². The molecule has 0 saturated heterocycles. The van der Waals surface area contributed by atoms with E-state index in [1.807, 2.05) is 19.1 Å². The number of benzene rings is 1. The average molecular weight is 347 g/mol. The van der Waals surface area contributed by atoms with Crippen LogP contribution in [0.3, 0.4) is 0 Å². The Balaban J connectivity index is 2.53. The number of carbonyl (C=O) groups is 1. The van der Waals surface area contributed by atoms with Gasteiger partial charge in [0.05, 0.1) is 11.8 Å².